The molecule has 1 aromatic rings. The van der Waals surface area contributed by atoms with Crippen molar-refractivity contribution in [1.29, 1.82) is 5.26 Å². The quantitative estimate of drug-likeness (QED) is 0.361. The second-order valence-corrected chi connectivity index (χ2v) is 3.67. The predicted octanol–water partition coefficient (Wildman–Crippen LogP) is 0.705. The number of rotatable bonds is 4. The van der Waals surface area contributed by atoms with E-state index in [1.54, 1.807) is 11.4 Å². The molecule has 0 bridgehead atoms. The first kappa shape index (κ1) is 15.6. The number of nitriles is 1. The third kappa shape index (κ3) is 4.03. The van der Waals surface area contributed by atoms with E-state index in [9.17, 15) is 19.7 Å². The van der Waals surface area contributed by atoms with Crippen molar-refractivity contribution in [1.82, 2.24) is 5.32 Å². The summed E-state index contributed by atoms with van der Waals surface area (Å²) in [5.74, 6) is -0.793. The monoisotopic (exact) mass is 290 g/mol. The molecule has 3 N–H and O–H groups in total. The molecule has 9 heteroatoms. The van der Waals surface area contributed by atoms with Gasteiger partial charge in [-0.1, -0.05) is 0 Å². The van der Waals surface area contributed by atoms with E-state index in [1.807, 2.05) is 0 Å². The van der Waals surface area contributed by atoms with Gasteiger partial charge in [-0.15, -0.1) is 0 Å². The summed E-state index contributed by atoms with van der Waals surface area (Å²) >= 11 is 0. The van der Waals surface area contributed by atoms with Crippen LogP contribution in [0.25, 0.3) is 6.08 Å². The number of hydrogen-bond donors (Lipinski definition) is 2. The molecule has 0 heterocycles. The first-order chi connectivity index (χ1) is 9.88. The molecule has 9 nitrogen and oxygen atoms in total. The Hall–Kier alpha value is -3.41. The first-order valence-corrected chi connectivity index (χ1v) is 5.44. The number of non-ortho nitro benzene ring substituents is 1. The van der Waals surface area contributed by atoms with Gasteiger partial charge in [0.15, 0.2) is 0 Å². The van der Waals surface area contributed by atoms with Gasteiger partial charge in [-0.2, -0.15) is 5.26 Å². The van der Waals surface area contributed by atoms with E-state index in [0.717, 1.165) is 12.1 Å². The third-order valence-corrected chi connectivity index (χ3v) is 2.33. The minimum absolute atomic E-state index is 0.142. The summed E-state index contributed by atoms with van der Waals surface area (Å²) in [5.41, 5.74) is 4.23. The normalized spacial score (nSPS) is 10.4. The standard InChI is InChI=1S/C12H10N4O5/c1-21-10-3-2-9(16(19)20)5-7(10)4-8(6-13)11(17)15-12(14)18/h2-5H,1H3,(H3,14,15,17,18)/b8-4-. The molecule has 0 aromatic heterocycles. The molecule has 1 rings (SSSR count). The van der Waals surface area contributed by atoms with Gasteiger partial charge in [0.1, 0.15) is 17.4 Å². The summed E-state index contributed by atoms with van der Waals surface area (Å²) in [4.78, 5) is 32.2. The van der Waals surface area contributed by atoms with Crippen molar-refractivity contribution in [2.45, 2.75) is 0 Å². The van der Waals surface area contributed by atoms with E-state index in [-0.39, 0.29) is 17.0 Å². The summed E-state index contributed by atoms with van der Waals surface area (Å²) in [6.07, 6.45) is 1.06. The van der Waals surface area contributed by atoms with Crippen molar-refractivity contribution in [3.63, 3.8) is 0 Å². The Morgan fingerprint density at radius 1 is 1.52 bits per heavy atom. The lowest BCUT2D eigenvalue weighted by Gasteiger charge is -2.05. The van der Waals surface area contributed by atoms with Crippen LogP contribution < -0.4 is 15.8 Å². The van der Waals surface area contributed by atoms with Gasteiger partial charge in [-0.3, -0.25) is 20.2 Å². The van der Waals surface area contributed by atoms with E-state index >= 15 is 0 Å². The molecular formula is C12H10N4O5. The Balaban J connectivity index is 3.30. The van der Waals surface area contributed by atoms with Crippen LogP contribution in [0.1, 0.15) is 5.56 Å². The molecule has 0 atom stereocenters. The Bertz CT molecular complexity index is 675. The van der Waals surface area contributed by atoms with Crippen molar-refractivity contribution in [2.75, 3.05) is 7.11 Å². The molecule has 0 radical (unpaired) electrons. The maximum absolute atomic E-state index is 11.5. The molecule has 0 fully saturated rings. The number of ether oxygens (including phenoxy) is 1. The van der Waals surface area contributed by atoms with Gasteiger partial charge >= 0.3 is 6.03 Å². The van der Waals surface area contributed by atoms with E-state index in [2.05, 4.69) is 0 Å². The zero-order valence-electron chi connectivity index (χ0n) is 10.8. The van der Waals surface area contributed by atoms with Crippen LogP contribution in [0.3, 0.4) is 0 Å². The van der Waals surface area contributed by atoms with E-state index in [4.69, 9.17) is 15.7 Å². The zero-order chi connectivity index (χ0) is 16.0. The van der Waals surface area contributed by atoms with Crippen LogP contribution in [-0.2, 0) is 4.79 Å². The number of imide groups is 1. The van der Waals surface area contributed by atoms with Crippen LogP contribution in [0, 0.1) is 21.4 Å². The van der Waals surface area contributed by atoms with Crippen molar-refractivity contribution in [3.8, 4) is 11.8 Å². The maximum atomic E-state index is 11.5. The number of primary amides is 1. The SMILES string of the molecule is COc1ccc([N+](=O)[O-])cc1/C=C(/C#N)C(=O)NC(N)=O. The van der Waals surface area contributed by atoms with Crippen LogP contribution in [0.4, 0.5) is 10.5 Å². The molecule has 0 unspecified atom stereocenters. The molecule has 0 aliphatic heterocycles. The topological polar surface area (TPSA) is 148 Å². The molecule has 1 aromatic carbocycles. The molecule has 0 aliphatic rings. The highest BCUT2D eigenvalue weighted by Crippen LogP contribution is 2.26. The van der Waals surface area contributed by atoms with Crippen molar-refractivity contribution in [3.05, 3.63) is 39.4 Å². The molecule has 0 spiro atoms. The van der Waals surface area contributed by atoms with E-state index in [0.29, 0.717) is 0 Å². The van der Waals surface area contributed by atoms with Crippen LogP contribution in [0.15, 0.2) is 23.8 Å². The van der Waals surface area contributed by atoms with Crippen molar-refractivity contribution in [2.24, 2.45) is 5.73 Å². The highest BCUT2D eigenvalue weighted by Gasteiger charge is 2.15. The molecule has 21 heavy (non-hydrogen) atoms. The fraction of sp³-hybridized carbons (Fsp3) is 0.0833. The Kier molecular flexibility index (Phi) is 4.97. The summed E-state index contributed by atoms with van der Waals surface area (Å²) in [5, 5.41) is 21.4. The lowest BCUT2D eigenvalue weighted by atomic mass is 10.1. The highest BCUT2D eigenvalue weighted by atomic mass is 16.6. The molecular weight excluding hydrogens is 280 g/mol. The predicted molar refractivity (Wildman–Crippen MR) is 71.0 cm³/mol. The third-order valence-electron chi connectivity index (χ3n) is 2.33. The number of nitrogens with two attached hydrogens (primary N) is 1. The van der Waals surface area contributed by atoms with E-state index in [1.165, 1.54) is 19.2 Å². The van der Waals surface area contributed by atoms with Gasteiger partial charge < -0.3 is 10.5 Å². The Labute approximate surface area is 118 Å². The number of nitro benzene ring substituents is 1. The van der Waals surface area contributed by atoms with Gasteiger partial charge in [0.05, 0.1) is 12.0 Å². The van der Waals surface area contributed by atoms with Crippen LogP contribution in [0.2, 0.25) is 0 Å². The number of nitrogens with one attached hydrogen (secondary N) is 1. The molecule has 0 saturated carbocycles. The lowest BCUT2D eigenvalue weighted by Crippen LogP contribution is -2.35. The summed E-state index contributed by atoms with van der Waals surface area (Å²) in [6.45, 7) is 0. The number of amides is 3. The average molecular weight is 290 g/mol. The number of carbonyl (C=O) groups is 2. The number of carbonyl (C=O) groups excluding carboxylic acids is 2. The van der Waals surface area contributed by atoms with Crippen molar-refractivity contribution >= 4 is 23.7 Å². The second kappa shape index (κ2) is 6.67. The van der Waals surface area contributed by atoms with Gasteiger partial charge in [-0.05, 0) is 12.1 Å². The number of urea groups is 1. The van der Waals surface area contributed by atoms with Gasteiger partial charge in [-0.25, -0.2) is 4.79 Å². The van der Waals surface area contributed by atoms with Crippen LogP contribution in [0.5, 0.6) is 5.75 Å². The number of hydrogen-bond acceptors (Lipinski definition) is 6. The first-order valence-electron chi connectivity index (χ1n) is 5.44. The fourth-order valence-corrected chi connectivity index (χ4v) is 1.43. The minimum atomic E-state index is -1.12. The number of methoxy groups -OCH3 is 1. The van der Waals surface area contributed by atoms with Crippen LogP contribution in [-0.4, -0.2) is 24.0 Å². The molecule has 0 aliphatic carbocycles. The highest BCUT2D eigenvalue weighted by molar-refractivity contribution is 6.08. The van der Waals surface area contributed by atoms with Crippen LogP contribution >= 0.6 is 0 Å². The Morgan fingerprint density at radius 2 is 2.19 bits per heavy atom. The Morgan fingerprint density at radius 3 is 2.67 bits per heavy atom. The van der Waals surface area contributed by atoms with Gasteiger partial charge in [0.2, 0.25) is 0 Å². The maximum Gasteiger partial charge on any atom is 0.319 e. The van der Waals surface area contributed by atoms with Gasteiger partial charge in [0.25, 0.3) is 11.6 Å². The summed E-state index contributed by atoms with van der Waals surface area (Å²) in [6, 6.07) is 4.12. The number of benzene rings is 1. The average Bonchev–Trinajstić information content (AvgIpc) is 2.43. The fourth-order valence-electron chi connectivity index (χ4n) is 1.43. The lowest BCUT2D eigenvalue weighted by molar-refractivity contribution is -0.384. The van der Waals surface area contributed by atoms with Crippen molar-refractivity contribution < 1.29 is 19.2 Å². The molecule has 108 valence electrons. The summed E-state index contributed by atoms with van der Waals surface area (Å²) < 4.78 is 4.99. The second-order valence-electron chi connectivity index (χ2n) is 3.67. The zero-order valence-corrected chi connectivity index (χ0v) is 10.8. The number of nitrogens with zero attached hydrogens (tertiary/aromatic N) is 2. The van der Waals surface area contributed by atoms with E-state index < -0.39 is 22.4 Å². The van der Waals surface area contributed by atoms with Gasteiger partial charge in [0, 0.05) is 17.7 Å². The molecule has 3 amide bonds. The summed E-state index contributed by atoms with van der Waals surface area (Å²) in [7, 11) is 1.33. The largest absolute Gasteiger partial charge is 0.496 e. The smallest absolute Gasteiger partial charge is 0.319 e. The number of nitro groups is 1. The minimum Gasteiger partial charge on any atom is -0.496 e. The molecule has 0 saturated heterocycles.